The van der Waals surface area contributed by atoms with Gasteiger partial charge in [0.2, 0.25) is 0 Å². The van der Waals surface area contributed by atoms with Crippen LogP contribution < -0.4 is 20.3 Å². The Labute approximate surface area is 205 Å². The maximum atomic E-state index is 12.5. The first-order valence-corrected chi connectivity index (χ1v) is 11.6. The van der Waals surface area contributed by atoms with E-state index in [-0.39, 0.29) is 12.6 Å². The molecule has 0 aliphatic carbocycles. The molecule has 1 aromatic carbocycles. The number of ether oxygens (including phenoxy) is 1. The molecular formula is C26H30N6O3. The lowest BCUT2D eigenvalue weighted by atomic mass is 10.1. The quantitative estimate of drug-likeness (QED) is 0.480. The smallest absolute Gasteiger partial charge is 0.309 e. The van der Waals surface area contributed by atoms with Gasteiger partial charge in [0.1, 0.15) is 5.75 Å². The number of carbonyl (C=O) groups is 2. The van der Waals surface area contributed by atoms with Gasteiger partial charge in [-0.3, -0.25) is 24.5 Å². The summed E-state index contributed by atoms with van der Waals surface area (Å²) in [6, 6.07) is 17.3. The number of amides is 2. The Kier molecular flexibility index (Phi) is 8.24. The van der Waals surface area contributed by atoms with Gasteiger partial charge >= 0.3 is 11.8 Å². The van der Waals surface area contributed by atoms with Crippen LogP contribution in [0.1, 0.15) is 17.3 Å². The first kappa shape index (κ1) is 24.2. The highest BCUT2D eigenvalue weighted by Gasteiger charge is 2.27. The van der Waals surface area contributed by atoms with Gasteiger partial charge < -0.3 is 20.3 Å². The number of hydrogen-bond acceptors (Lipinski definition) is 7. The molecule has 35 heavy (non-hydrogen) atoms. The summed E-state index contributed by atoms with van der Waals surface area (Å²) < 4.78 is 5.26. The molecule has 1 saturated heterocycles. The summed E-state index contributed by atoms with van der Waals surface area (Å²) in [5.74, 6) is -0.500. The van der Waals surface area contributed by atoms with Crippen LogP contribution in [0, 0.1) is 0 Å². The van der Waals surface area contributed by atoms with Gasteiger partial charge in [-0.25, -0.2) is 0 Å². The number of nitrogens with zero attached hydrogens (tertiary/aromatic N) is 4. The highest BCUT2D eigenvalue weighted by atomic mass is 16.5. The minimum absolute atomic E-state index is 0.0887. The van der Waals surface area contributed by atoms with Gasteiger partial charge in [-0.15, -0.1) is 0 Å². The third kappa shape index (κ3) is 6.54. The fraction of sp³-hybridized carbons (Fsp3) is 0.308. The number of rotatable bonds is 8. The Morgan fingerprint density at radius 3 is 2.37 bits per heavy atom. The number of anilines is 1. The van der Waals surface area contributed by atoms with E-state index in [0.29, 0.717) is 12.2 Å². The standard InChI is InChI=1S/C26H30N6O3/c1-35-23-9-7-22(8-10-23)31-13-15-32(16-14-31)24(20-5-4-11-27-17-20)19-30-26(34)25(33)29-18-21-6-2-3-12-28-21/h2-12,17,24H,13-16,18-19H2,1H3,(H,29,33)(H,30,34)/t24-/m0/s1. The summed E-state index contributed by atoms with van der Waals surface area (Å²) in [6.07, 6.45) is 5.19. The van der Waals surface area contributed by atoms with E-state index in [1.165, 1.54) is 0 Å². The number of hydrogen-bond donors (Lipinski definition) is 2. The fourth-order valence-electron chi connectivity index (χ4n) is 4.14. The Morgan fingerprint density at radius 1 is 0.943 bits per heavy atom. The van der Waals surface area contributed by atoms with Crippen molar-refractivity contribution in [3.63, 3.8) is 0 Å². The maximum absolute atomic E-state index is 12.5. The molecule has 3 heterocycles. The van der Waals surface area contributed by atoms with Crippen LogP contribution in [0.5, 0.6) is 5.75 Å². The highest BCUT2D eigenvalue weighted by Crippen LogP contribution is 2.25. The molecule has 182 valence electrons. The van der Waals surface area contributed by atoms with Gasteiger partial charge in [-0.2, -0.15) is 0 Å². The lowest BCUT2D eigenvalue weighted by Gasteiger charge is -2.40. The Hall–Kier alpha value is -3.98. The zero-order valence-corrected chi connectivity index (χ0v) is 19.8. The van der Waals surface area contributed by atoms with E-state index in [9.17, 15) is 9.59 Å². The molecule has 1 aliphatic rings. The van der Waals surface area contributed by atoms with Crippen molar-refractivity contribution in [1.29, 1.82) is 0 Å². The molecule has 2 N–H and O–H groups in total. The van der Waals surface area contributed by atoms with Crippen LogP contribution in [0.3, 0.4) is 0 Å². The number of carbonyl (C=O) groups excluding carboxylic acids is 2. The van der Waals surface area contributed by atoms with E-state index < -0.39 is 11.8 Å². The lowest BCUT2D eigenvalue weighted by molar-refractivity contribution is -0.139. The average molecular weight is 475 g/mol. The van der Waals surface area contributed by atoms with Crippen molar-refractivity contribution in [2.24, 2.45) is 0 Å². The SMILES string of the molecule is COc1ccc(N2CCN([C@@H](CNC(=O)C(=O)NCc3ccccn3)c3cccnc3)CC2)cc1. The molecule has 3 aromatic rings. The number of aromatic nitrogens is 2. The predicted molar refractivity (Wildman–Crippen MR) is 133 cm³/mol. The molecule has 1 fully saturated rings. The Bertz CT molecular complexity index is 1090. The zero-order valence-electron chi connectivity index (χ0n) is 19.8. The predicted octanol–water partition coefficient (Wildman–Crippen LogP) is 1.78. The number of methoxy groups -OCH3 is 1. The molecule has 9 heteroatoms. The maximum Gasteiger partial charge on any atom is 0.309 e. The molecule has 0 bridgehead atoms. The van der Waals surface area contributed by atoms with Crippen LogP contribution in [-0.2, 0) is 16.1 Å². The van der Waals surface area contributed by atoms with E-state index in [1.54, 1.807) is 31.6 Å². The highest BCUT2D eigenvalue weighted by molar-refractivity contribution is 6.35. The molecule has 1 atom stereocenters. The van der Waals surface area contributed by atoms with Gasteiger partial charge in [0.15, 0.2) is 0 Å². The van der Waals surface area contributed by atoms with Crippen molar-refractivity contribution < 1.29 is 14.3 Å². The van der Waals surface area contributed by atoms with Crippen molar-refractivity contribution in [3.8, 4) is 5.75 Å². The van der Waals surface area contributed by atoms with Crippen LogP contribution in [0.15, 0.2) is 73.2 Å². The summed E-state index contributed by atoms with van der Waals surface area (Å²) in [5.41, 5.74) is 2.84. The topological polar surface area (TPSA) is 99.7 Å². The molecule has 0 saturated carbocycles. The molecule has 9 nitrogen and oxygen atoms in total. The lowest BCUT2D eigenvalue weighted by Crippen LogP contribution is -2.50. The summed E-state index contributed by atoms with van der Waals surface area (Å²) in [6.45, 7) is 3.83. The van der Waals surface area contributed by atoms with E-state index in [0.717, 1.165) is 43.2 Å². The molecule has 0 unspecified atom stereocenters. The van der Waals surface area contributed by atoms with Gasteiger partial charge in [0, 0.05) is 57.0 Å². The summed E-state index contributed by atoms with van der Waals surface area (Å²) >= 11 is 0. The number of benzene rings is 1. The third-order valence-electron chi connectivity index (χ3n) is 6.08. The van der Waals surface area contributed by atoms with Crippen LogP contribution >= 0.6 is 0 Å². The summed E-state index contributed by atoms with van der Waals surface area (Å²) in [4.78, 5) is 37.8. The number of piperazine rings is 1. The van der Waals surface area contributed by atoms with E-state index in [1.807, 2.05) is 36.5 Å². The minimum Gasteiger partial charge on any atom is -0.497 e. The molecular weight excluding hydrogens is 444 g/mol. The number of nitrogens with one attached hydrogen (secondary N) is 2. The van der Waals surface area contributed by atoms with Gasteiger partial charge in [0.05, 0.1) is 25.4 Å². The second kappa shape index (κ2) is 11.9. The molecule has 2 amide bonds. The molecule has 0 radical (unpaired) electrons. The van der Waals surface area contributed by atoms with Gasteiger partial charge in [0.25, 0.3) is 0 Å². The molecule has 1 aliphatic heterocycles. The van der Waals surface area contributed by atoms with Crippen molar-refractivity contribution >= 4 is 17.5 Å². The normalized spacial score (nSPS) is 14.7. The zero-order chi connectivity index (χ0) is 24.5. The van der Waals surface area contributed by atoms with Crippen LogP contribution in [0.25, 0.3) is 0 Å². The second-order valence-corrected chi connectivity index (χ2v) is 8.24. The molecule has 4 rings (SSSR count). The minimum atomic E-state index is -0.676. The van der Waals surface area contributed by atoms with E-state index >= 15 is 0 Å². The first-order valence-electron chi connectivity index (χ1n) is 11.6. The van der Waals surface area contributed by atoms with Crippen molar-refractivity contribution in [2.75, 3.05) is 44.7 Å². The van der Waals surface area contributed by atoms with Crippen molar-refractivity contribution in [2.45, 2.75) is 12.6 Å². The summed E-state index contributed by atoms with van der Waals surface area (Å²) in [7, 11) is 1.66. The summed E-state index contributed by atoms with van der Waals surface area (Å²) in [5, 5.41) is 5.42. The van der Waals surface area contributed by atoms with Gasteiger partial charge in [-0.1, -0.05) is 12.1 Å². The first-order chi connectivity index (χ1) is 17.1. The van der Waals surface area contributed by atoms with Gasteiger partial charge in [-0.05, 0) is 48.0 Å². The van der Waals surface area contributed by atoms with Crippen molar-refractivity contribution in [3.05, 3.63) is 84.4 Å². The molecule has 2 aromatic heterocycles. The van der Waals surface area contributed by atoms with E-state index in [2.05, 4.69) is 42.5 Å². The molecule has 0 spiro atoms. The van der Waals surface area contributed by atoms with E-state index in [4.69, 9.17) is 4.74 Å². The van der Waals surface area contributed by atoms with Crippen molar-refractivity contribution in [1.82, 2.24) is 25.5 Å². The van der Waals surface area contributed by atoms with Crippen LogP contribution in [0.2, 0.25) is 0 Å². The third-order valence-corrected chi connectivity index (χ3v) is 6.08. The largest absolute Gasteiger partial charge is 0.497 e. The monoisotopic (exact) mass is 474 g/mol. The van der Waals surface area contributed by atoms with Crippen LogP contribution in [-0.4, -0.2) is 66.5 Å². The Morgan fingerprint density at radius 2 is 1.71 bits per heavy atom. The fourth-order valence-corrected chi connectivity index (χ4v) is 4.14. The average Bonchev–Trinajstić information content (AvgIpc) is 2.93. The number of pyridine rings is 2. The Balaban J connectivity index is 1.34. The van der Waals surface area contributed by atoms with Crippen LogP contribution in [0.4, 0.5) is 5.69 Å². The second-order valence-electron chi connectivity index (χ2n) is 8.24.